The van der Waals surface area contributed by atoms with Crippen molar-refractivity contribution in [3.8, 4) is 5.75 Å². The summed E-state index contributed by atoms with van der Waals surface area (Å²) in [5.41, 5.74) is 1.16. The first-order valence-corrected chi connectivity index (χ1v) is 12.2. The molecule has 1 aromatic carbocycles. The maximum absolute atomic E-state index is 12.6. The normalized spacial score (nSPS) is 16.8. The Labute approximate surface area is 190 Å². The van der Waals surface area contributed by atoms with Crippen molar-refractivity contribution in [2.45, 2.75) is 47.5 Å². The zero-order valence-corrected chi connectivity index (χ0v) is 19.3. The van der Waals surface area contributed by atoms with Gasteiger partial charge in [-0.3, -0.25) is 0 Å². The van der Waals surface area contributed by atoms with Gasteiger partial charge in [0.2, 0.25) is 0 Å². The summed E-state index contributed by atoms with van der Waals surface area (Å²) < 4.78 is 5.62. The molecule has 2 aromatic heterocycles. The van der Waals surface area contributed by atoms with E-state index in [2.05, 4.69) is 33.8 Å². The van der Waals surface area contributed by atoms with Gasteiger partial charge in [0, 0.05) is 48.4 Å². The molecule has 9 heteroatoms. The van der Waals surface area contributed by atoms with Gasteiger partial charge in [0.25, 0.3) is 0 Å². The highest BCUT2D eigenvalue weighted by atomic mass is 32.2. The molecule has 31 heavy (non-hydrogen) atoms. The van der Waals surface area contributed by atoms with E-state index in [9.17, 15) is 4.79 Å². The van der Waals surface area contributed by atoms with Gasteiger partial charge in [0.05, 0.1) is 0 Å². The first-order chi connectivity index (χ1) is 15.1. The second-order valence-electron chi connectivity index (χ2n) is 7.63. The summed E-state index contributed by atoms with van der Waals surface area (Å²) in [6, 6.07) is 7.73. The fourth-order valence-electron chi connectivity index (χ4n) is 3.66. The van der Waals surface area contributed by atoms with E-state index in [0.29, 0.717) is 16.9 Å². The fourth-order valence-corrected chi connectivity index (χ4v) is 5.62. The Bertz CT molecular complexity index is 939. The molecule has 0 aliphatic carbocycles. The summed E-state index contributed by atoms with van der Waals surface area (Å²) in [6.07, 6.45) is 8.88. The van der Waals surface area contributed by atoms with Crippen molar-refractivity contribution in [1.29, 1.82) is 0 Å². The number of benzene rings is 1. The van der Waals surface area contributed by atoms with E-state index in [1.54, 1.807) is 35.9 Å². The topological polar surface area (TPSA) is 86.9 Å². The van der Waals surface area contributed by atoms with Gasteiger partial charge in [-0.2, -0.15) is 0 Å². The zero-order chi connectivity index (χ0) is 21.6. The lowest BCUT2D eigenvalue weighted by Gasteiger charge is -2.33. The van der Waals surface area contributed by atoms with E-state index in [0.717, 1.165) is 41.8 Å². The van der Waals surface area contributed by atoms with E-state index >= 15 is 0 Å². The van der Waals surface area contributed by atoms with Crippen molar-refractivity contribution in [3.63, 3.8) is 0 Å². The van der Waals surface area contributed by atoms with Gasteiger partial charge in [-0.15, -0.1) is 0 Å². The Hall–Kier alpha value is -2.39. The molecule has 164 valence electrons. The Kier molecular flexibility index (Phi) is 7.24. The lowest BCUT2D eigenvalue weighted by molar-refractivity contribution is 0.131. The van der Waals surface area contributed by atoms with Crippen LogP contribution in [0.3, 0.4) is 0 Å². The number of hydrogen-bond acceptors (Lipinski definition) is 6. The van der Waals surface area contributed by atoms with Gasteiger partial charge in [-0.25, -0.2) is 14.8 Å². The van der Waals surface area contributed by atoms with Crippen LogP contribution in [-0.4, -0.2) is 49.3 Å². The number of hydrogen-bond donors (Lipinski definition) is 2. The third-order valence-electron chi connectivity index (χ3n) is 5.55. The van der Waals surface area contributed by atoms with E-state index < -0.39 is 0 Å². The predicted molar refractivity (Wildman–Crippen MR) is 124 cm³/mol. The van der Waals surface area contributed by atoms with Gasteiger partial charge < -0.3 is 19.6 Å². The number of ether oxygens (including phenoxy) is 1. The van der Waals surface area contributed by atoms with Crippen molar-refractivity contribution in [3.05, 3.63) is 54.6 Å². The van der Waals surface area contributed by atoms with Crippen LogP contribution in [0.4, 0.5) is 4.79 Å². The number of amides is 1. The molecule has 3 aromatic rings. The van der Waals surface area contributed by atoms with Crippen LogP contribution in [0.5, 0.6) is 5.75 Å². The fraction of sp³-hybridized carbons (Fsp3) is 0.409. The molecule has 1 aliphatic rings. The Morgan fingerprint density at radius 2 is 1.65 bits per heavy atom. The van der Waals surface area contributed by atoms with Crippen molar-refractivity contribution >= 4 is 29.6 Å². The summed E-state index contributed by atoms with van der Waals surface area (Å²) in [5, 5.41) is 2.55. The number of carbonyl (C=O) groups is 1. The second-order valence-corrected chi connectivity index (χ2v) is 10.3. The molecule has 0 spiro atoms. The SMILES string of the molecule is CC(Sc1ncc[nH]1)c1ccc(OC(=O)N2CCC(C(C)Sc3ncc[nH]3)CC2)cc1. The summed E-state index contributed by atoms with van der Waals surface area (Å²) >= 11 is 3.42. The van der Waals surface area contributed by atoms with Gasteiger partial charge in [0.1, 0.15) is 5.75 Å². The Morgan fingerprint density at radius 1 is 1.03 bits per heavy atom. The number of likely N-dealkylation sites (tertiary alicyclic amines) is 1. The first kappa shape index (κ1) is 21.8. The smallest absolute Gasteiger partial charge is 0.410 e. The molecule has 1 saturated heterocycles. The van der Waals surface area contributed by atoms with Crippen molar-refractivity contribution in [1.82, 2.24) is 24.8 Å². The Morgan fingerprint density at radius 3 is 2.23 bits per heavy atom. The highest BCUT2D eigenvalue weighted by Crippen LogP contribution is 2.34. The van der Waals surface area contributed by atoms with Gasteiger partial charge >= 0.3 is 6.09 Å². The minimum Gasteiger partial charge on any atom is -0.410 e. The van der Waals surface area contributed by atoms with Gasteiger partial charge in [0.15, 0.2) is 10.3 Å². The molecule has 2 N–H and O–H groups in total. The molecule has 2 unspecified atom stereocenters. The number of imidazole rings is 2. The summed E-state index contributed by atoms with van der Waals surface area (Å²) in [5.74, 6) is 1.14. The van der Waals surface area contributed by atoms with E-state index in [-0.39, 0.29) is 11.3 Å². The third kappa shape index (κ3) is 5.86. The molecule has 0 saturated carbocycles. The molecule has 3 heterocycles. The lowest BCUT2D eigenvalue weighted by Crippen LogP contribution is -2.41. The molecule has 0 radical (unpaired) electrons. The average molecular weight is 458 g/mol. The molecule has 7 nitrogen and oxygen atoms in total. The molecule has 1 fully saturated rings. The quantitative estimate of drug-likeness (QED) is 0.463. The van der Waals surface area contributed by atoms with E-state index in [4.69, 9.17) is 4.74 Å². The number of H-pyrrole nitrogens is 2. The second kappa shape index (κ2) is 10.3. The molecule has 4 rings (SSSR count). The monoisotopic (exact) mass is 457 g/mol. The molecule has 1 amide bonds. The van der Waals surface area contributed by atoms with Crippen molar-refractivity contribution < 1.29 is 9.53 Å². The number of aromatic nitrogens is 4. The Balaban J connectivity index is 1.24. The maximum Gasteiger partial charge on any atom is 0.415 e. The largest absolute Gasteiger partial charge is 0.415 e. The third-order valence-corrected chi connectivity index (χ3v) is 7.82. The first-order valence-electron chi connectivity index (χ1n) is 10.5. The molecular formula is C22H27N5O2S2. The van der Waals surface area contributed by atoms with Crippen LogP contribution in [0.25, 0.3) is 0 Å². The predicted octanol–water partition coefficient (Wildman–Crippen LogP) is 5.38. The summed E-state index contributed by atoms with van der Waals surface area (Å²) in [7, 11) is 0. The highest BCUT2D eigenvalue weighted by Gasteiger charge is 2.28. The standard InChI is InChI=1S/C22H27N5O2S2/c1-15(30-20-23-9-10-24-20)17-3-5-19(6-4-17)29-22(28)27-13-7-18(8-14-27)16(2)31-21-25-11-12-26-21/h3-6,9-12,15-16,18H,7-8,13-14H2,1-2H3,(H,23,24)(H,25,26). The number of carbonyl (C=O) groups excluding carboxylic acids is 1. The number of nitrogens with one attached hydrogen (secondary N) is 2. The summed E-state index contributed by atoms with van der Waals surface area (Å²) in [6.45, 7) is 5.81. The van der Waals surface area contributed by atoms with Crippen LogP contribution in [-0.2, 0) is 0 Å². The van der Waals surface area contributed by atoms with Crippen molar-refractivity contribution in [2.24, 2.45) is 5.92 Å². The molecule has 2 atom stereocenters. The minimum absolute atomic E-state index is 0.246. The van der Waals surface area contributed by atoms with Crippen LogP contribution in [0, 0.1) is 5.92 Å². The molecule has 1 aliphatic heterocycles. The van der Waals surface area contributed by atoms with Crippen LogP contribution < -0.4 is 4.74 Å². The summed E-state index contributed by atoms with van der Waals surface area (Å²) in [4.78, 5) is 29.2. The number of nitrogens with zero attached hydrogens (tertiary/aromatic N) is 3. The lowest BCUT2D eigenvalue weighted by atomic mass is 9.94. The minimum atomic E-state index is -0.268. The number of piperidine rings is 1. The average Bonchev–Trinajstić information content (AvgIpc) is 3.49. The maximum atomic E-state index is 12.6. The molecule has 0 bridgehead atoms. The van der Waals surface area contributed by atoms with E-state index in [1.165, 1.54) is 0 Å². The number of thioether (sulfide) groups is 2. The van der Waals surface area contributed by atoms with Crippen LogP contribution in [0.1, 0.15) is 37.5 Å². The van der Waals surface area contributed by atoms with E-state index in [1.807, 2.05) is 41.6 Å². The molecular weight excluding hydrogens is 430 g/mol. The van der Waals surface area contributed by atoms with Crippen LogP contribution in [0.15, 0.2) is 59.4 Å². The van der Waals surface area contributed by atoms with Crippen molar-refractivity contribution in [2.75, 3.05) is 13.1 Å². The van der Waals surface area contributed by atoms with Gasteiger partial charge in [-0.05, 0) is 43.4 Å². The number of aromatic amines is 2. The number of rotatable bonds is 7. The highest BCUT2D eigenvalue weighted by molar-refractivity contribution is 7.99. The van der Waals surface area contributed by atoms with Crippen LogP contribution in [0.2, 0.25) is 0 Å². The van der Waals surface area contributed by atoms with Crippen LogP contribution >= 0.6 is 23.5 Å². The van der Waals surface area contributed by atoms with Gasteiger partial charge in [-0.1, -0.05) is 42.6 Å². The zero-order valence-electron chi connectivity index (χ0n) is 17.7.